The van der Waals surface area contributed by atoms with Crippen LogP contribution in [0.1, 0.15) is 48.8 Å². The van der Waals surface area contributed by atoms with Gasteiger partial charge in [-0.1, -0.05) is 20.8 Å². The maximum absolute atomic E-state index is 11.7. The van der Waals surface area contributed by atoms with Crippen molar-refractivity contribution in [1.82, 2.24) is 10.2 Å². The summed E-state index contributed by atoms with van der Waals surface area (Å²) in [5.41, 5.74) is 0. The second-order valence-corrected chi connectivity index (χ2v) is 3.70. The third-order valence-electron chi connectivity index (χ3n) is 2.46. The molecule has 1 fully saturated rings. The summed E-state index contributed by atoms with van der Waals surface area (Å²) in [4.78, 5) is 13.9. The first-order valence-corrected chi connectivity index (χ1v) is 6.02. The Bertz CT molecular complexity index is 205. The van der Waals surface area contributed by atoms with Crippen LogP contribution in [0.25, 0.3) is 0 Å². The summed E-state index contributed by atoms with van der Waals surface area (Å²) in [5, 5.41) is 2.87. The molecule has 0 spiro atoms. The van der Waals surface area contributed by atoms with Gasteiger partial charge >= 0.3 is 0 Å². The second kappa shape index (κ2) is 10.2. The number of carbonyl (C=O) groups excluding carboxylic acids is 1. The first-order valence-electron chi connectivity index (χ1n) is 6.73. The number of hydrogen-bond acceptors (Lipinski definition) is 2. The Hall–Kier alpha value is 0.0144. The van der Waals surface area contributed by atoms with Crippen molar-refractivity contribution in [3.8, 4) is 0 Å². The van der Waals surface area contributed by atoms with Crippen molar-refractivity contribution in [1.29, 1.82) is 0 Å². The molecule has 0 bridgehead atoms. The molecule has 1 N–H and O–H groups in total. The molecule has 0 aromatic carbocycles. The first kappa shape index (κ1) is 16.0. The van der Waals surface area contributed by atoms with Crippen LogP contribution in [0.15, 0.2) is 0 Å². The van der Waals surface area contributed by atoms with Crippen molar-refractivity contribution in [2.45, 2.75) is 59.5 Å². The van der Waals surface area contributed by atoms with E-state index in [1.807, 2.05) is 20.8 Å². The largest absolute Gasteiger partial charge is 0.353 e. The summed E-state index contributed by atoms with van der Waals surface area (Å²) in [6.45, 7) is 10.2. The number of carbonyl (C=O) groups is 1. The van der Waals surface area contributed by atoms with Gasteiger partial charge in [-0.3, -0.25) is 9.69 Å². The molecule has 4 heteroatoms. The van der Waals surface area contributed by atoms with Crippen LogP contribution in [0, 0.1) is 0 Å². The van der Waals surface area contributed by atoms with E-state index >= 15 is 0 Å². The molecule has 0 aromatic rings. The van der Waals surface area contributed by atoms with Crippen molar-refractivity contribution in [2.24, 2.45) is 0 Å². The predicted molar refractivity (Wildman–Crippen MR) is 64.9 cm³/mol. The van der Waals surface area contributed by atoms with E-state index in [2.05, 4.69) is 17.1 Å². The van der Waals surface area contributed by atoms with Crippen molar-refractivity contribution in [2.75, 3.05) is 13.1 Å². The number of nitrogens with zero attached hydrogens (tertiary/aromatic N) is 1. The van der Waals surface area contributed by atoms with Crippen LogP contribution in [0.2, 0.25) is 0 Å². The molecule has 1 amide bonds. The van der Waals surface area contributed by atoms with Crippen LogP contribution >= 0.6 is 0 Å². The zero-order valence-electron chi connectivity index (χ0n) is 12.0. The summed E-state index contributed by atoms with van der Waals surface area (Å²) in [6.07, 6.45) is 2.07. The van der Waals surface area contributed by atoms with E-state index in [1.165, 1.54) is 0 Å². The molecule has 1 heterocycles. The molecule has 3 nitrogen and oxygen atoms in total. The van der Waals surface area contributed by atoms with Crippen molar-refractivity contribution in [3.05, 3.63) is 0 Å². The molecule has 1 aliphatic heterocycles. The fourth-order valence-electron chi connectivity index (χ4n) is 1.84. The molecule has 2 unspecified atom stereocenters. The number of amides is 1. The zero-order valence-corrected chi connectivity index (χ0v) is 12.4. The van der Waals surface area contributed by atoms with E-state index in [4.69, 9.17) is 1.37 Å². The molecule has 95 valence electrons. The topological polar surface area (TPSA) is 32.3 Å². The van der Waals surface area contributed by atoms with E-state index in [1.54, 1.807) is 0 Å². The molecule has 0 saturated carbocycles. The standard InChI is InChI=1S/C10H20N2O.C2H6.V/c1-4-12-7-5-6-9(12)10(13)11-8(2)3;1-2;/h8-9H,4-7H2,1-3H3,(H,11,13);1-2H3;/i2T;;. The van der Waals surface area contributed by atoms with Gasteiger partial charge in [0.1, 0.15) is 0 Å². The van der Waals surface area contributed by atoms with Gasteiger partial charge < -0.3 is 5.32 Å². The third-order valence-corrected chi connectivity index (χ3v) is 2.46. The third kappa shape index (κ3) is 5.93. The maximum Gasteiger partial charge on any atom is 0.237 e. The molecule has 0 aliphatic carbocycles. The SMILES string of the molecule is CC.[3H]CC(C)NC(=O)C1CCCN1CC.[V]. The summed E-state index contributed by atoms with van der Waals surface area (Å²) in [6, 6.07) is 0.0239. The summed E-state index contributed by atoms with van der Waals surface area (Å²) in [5.74, 6) is 0.101. The van der Waals surface area contributed by atoms with Crippen LogP contribution < -0.4 is 5.32 Å². The van der Waals surface area contributed by atoms with Crippen LogP contribution in [0.3, 0.4) is 0 Å². The van der Waals surface area contributed by atoms with Crippen LogP contribution in [-0.2, 0) is 23.4 Å². The van der Waals surface area contributed by atoms with Gasteiger partial charge in [0.2, 0.25) is 5.91 Å². The molecule has 2 atom stereocenters. The van der Waals surface area contributed by atoms with E-state index in [-0.39, 0.29) is 43.4 Å². The average molecular weight is 267 g/mol. The van der Waals surface area contributed by atoms with Gasteiger partial charge in [-0.2, -0.15) is 0 Å². The summed E-state index contributed by atoms with van der Waals surface area (Å²) in [7, 11) is 0. The summed E-state index contributed by atoms with van der Waals surface area (Å²) < 4.78 is 7.14. The molecular weight excluding hydrogens is 239 g/mol. The molecule has 1 saturated heterocycles. The Kier molecular flexibility index (Phi) is 10.2. The van der Waals surface area contributed by atoms with Gasteiger partial charge in [-0.25, -0.2) is 0 Å². The Morgan fingerprint density at radius 2 is 2.25 bits per heavy atom. The molecular formula is C12H26N2OV. The average Bonchev–Trinajstić information content (AvgIpc) is 2.79. The molecule has 1 rings (SSSR count). The number of hydrogen-bond donors (Lipinski definition) is 1. The fraction of sp³-hybridized carbons (Fsp3) is 0.917. The minimum Gasteiger partial charge on any atom is -0.353 e. The molecule has 16 heavy (non-hydrogen) atoms. The van der Waals surface area contributed by atoms with Crippen molar-refractivity contribution >= 4 is 5.91 Å². The van der Waals surface area contributed by atoms with Crippen molar-refractivity contribution < 1.29 is 24.7 Å². The van der Waals surface area contributed by atoms with Crippen LogP contribution in [0.5, 0.6) is 0 Å². The molecule has 1 aliphatic rings. The van der Waals surface area contributed by atoms with E-state index in [0.29, 0.717) is 0 Å². The number of likely N-dealkylation sites (N-methyl/N-ethyl adjacent to an activating group) is 1. The van der Waals surface area contributed by atoms with Crippen molar-refractivity contribution in [3.63, 3.8) is 0 Å². The molecule has 0 aromatic heterocycles. The monoisotopic (exact) mass is 267 g/mol. The van der Waals surface area contributed by atoms with E-state index in [9.17, 15) is 4.79 Å². The van der Waals surface area contributed by atoms with Gasteiger partial charge in [0.25, 0.3) is 0 Å². The Balaban J connectivity index is 0. The first-order chi connectivity index (χ1) is 7.69. The predicted octanol–water partition coefficient (Wildman–Crippen LogP) is 2.02. The normalized spacial score (nSPS) is 22.2. The Labute approximate surface area is 114 Å². The smallest absolute Gasteiger partial charge is 0.237 e. The van der Waals surface area contributed by atoms with Gasteiger partial charge in [0, 0.05) is 26.0 Å². The number of likely N-dealkylation sites (tertiary alicyclic amines) is 1. The van der Waals surface area contributed by atoms with E-state index in [0.717, 1.165) is 25.9 Å². The maximum atomic E-state index is 11.7. The van der Waals surface area contributed by atoms with Gasteiger partial charge in [0.05, 0.1) is 6.04 Å². The minimum absolute atomic E-state index is 0. The minimum atomic E-state index is -0.0261. The van der Waals surface area contributed by atoms with Gasteiger partial charge in [-0.15, -0.1) is 0 Å². The molecule has 1 radical (unpaired) electrons. The van der Waals surface area contributed by atoms with Crippen LogP contribution in [-0.4, -0.2) is 36.0 Å². The number of nitrogens with one attached hydrogen (secondary N) is 1. The Morgan fingerprint density at radius 3 is 2.75 bits per heavy atom. The van der Waals surface area contributed by atoms with Gasteiger partial charge in [0.15, 0.2) is 0 Å². The summed E-state index contributed by atoms with van der Waals surface area (Å²) >= 11 is 0. The fourth-order valence-corrected chi connectivity index (χ4v) is 1.84. The Morgan fingerprint density at radius 1 is 1.62 bits per heavy atom. The quantitative estimate of drug-likeness (QED) is 0.848. The van der Waals surface area contributed by atoms with Gasteiger partial charge in [-0.05, 0) is 39.8 Å². The van der Waals surface area contributed by atoms with Crippen LogP contribution in [0.4, 0.5) is 0 Å². The second-order valence-electron chi connectivity index (χ2n) is 3.70. The zero-order chi connectivity index (χ0) is 12.6. The number of rotatable bonds is 3. The van der Waals surface area contributed by atoms with E-state index < -0.39 is 0 Å².